The SMILES string of the molecule is C[C@H](NC(=O)CN1C(=O)Nc2ccccc2C1c1ccccc1)c1ccc(F)cc1F.[HH].[HH]. The third-order valence-corrected chi connectivity index (χ3v) is 5.31. The number of halogens is 2. The summed E-state index contributed by atoms with van der Waals surface area (Å²) >= 11 is 0. The molecule has 0 bridgehead atoms. The van der Waals surface area contributed by atoms with Gasteiger partial charge in [0.25, 0.3) is 0 Å². The molecule has 0 spiro atoms. The van der Waals surface area contributed by atoms with Gasteiger partial charge in [-0.25, -0.2) is 13.6 Å². The first-order valence-electron chi connectivity index (χ1n) is 9.90. The Morgan fingerprint density at radius 1 is 1.10 bits per heavy atom. The molecule has 0 radical (unpaired) electrons. The van der Waals surface area contributed by atoms with Gasteiger partial charge < -0.3 is 15.5 Å². The number of urea groups is 1. The van der Waals surface area contributed by atoms with E-state index in [1.54, 1.807) is 6.92 Å². The van der Waals surface area contributed by atoms with E-state index in [0.29, 0.717) is 5.69 Å². The zero-order chi connectivity index (χ0) is 22.0. The number of fused-ring (bicyclic) bond motifs is 1. The van der Waals surface area contributed by atoms with E-state index < -0.39 is 35.7 Å². The number of hydrogen-bond donors (Lipinski definition) is 2. The van der Waals surface area contributed by atoms with E-state index in [9.17, 15) is 18.4 Å². The van der Waals surface area contributed by atoms with Gasteiger partial charge in [0.05, 0.1) is 12.1 Å². The van der Waals surface area contributed by atoms with Crippen molar-refractivity contribution in [2.75, 3.05) is 11.9 Å². The van der Waals surface area contributed by atoms with Gasteiger partial charge in [-0.15, -0.1) is 0 Å². The first-order valence-corrected chi connectivity index (χ1v) is 9.90. The summed E-state index contributed by atoms with van der Waals surface area (Å²) in [7, 11) is 0. The van der Waals surface area contributed by atoms with Gasteiger partial charge in [0.15, 0.2) is 0 Å². The third kappa shape index (κ3) is 4.26. The molecule has 3 aromatic rings. The lowest BCUT2D eigenvalue weighted by atomic mass is 9.94. The lowest BCUT2D eigenvalue weighted by molar-refractivity contribution is -0.122. The molecule has 0 saturated heterocycles. The van der Waals surface area contributed by atoms with E-state index in [1.165, 1.54) is 11.0 Å². The van der Waals surface area contributed by atoms with E-state index in [2.05, 4.69) is 10.6 Å². The summed E-state index contributed by atoms with van der Waals surface area (Å²) < 4.78 is 27.2. The predicted octanol–water partition coefficient (Wildman–Crippen LogP) is 5.27. The summed E-state index contributed by atoms with van der Waals surface area (Å²) in [5.74, 6) is -1.87. The highest BCUT2D eigenvalue weighted by molar-refractivity contribution is 5.96. The van der Waals surface area contributed by atoms with Crippen molar-refractivity contribution < 1.29 is 21.2 Å². The lowest BCUT2D eigenvalue weighted by Crippen LogP contribution is -2.48. The van der Waals surface area contributed by atoms with Crippen molar-refractivity contribution in [3.8, 4) is 0 Å². The van der Waals surface area contributed by atoms with Crippen LogP contribution >= 0.6 is 0 Å². The van der Waals surface area contributed by atoms with Crippen LogP contribution in [0.5, 0.6) is 0 Å². The number of nitrogens with one attached hydrogen (secondary N) is 2. The van der Waals surface area contributed by atoms with Crippen LogP contribution in [0.15, 0.2) is 72.8 Å². The Morgan fingerprint density at radius 3 is 2.55 bits per heavy atom. The molecule has 1 aliphatic heterocycles. The smallest absolute Gasteiger partial charge is 0.323 e. The average molecular weight is 425 g/mol. The molecule has 162 valence electrons. The quantitative estimate of drug-likeness (QED) is 0.585. The minimum absolute atomic E-state index is 0. The molecule has 0 fully saturated rings. The lowest BCUT2D eigenvalue weighted by Gasteiger charge is -2.37. The van der Waals surface area contributed by atoms with Crippen molar-refractivity contribution in [1.82, 2.24) is 10.2 Å². The van der Waals surface area contributed by atoms with Crippen molar-refractivity contribution in [3.63, 3.8) is 0 Å². The van der Waals surface area contributed by atoms with Gasteiger partial charge in [0, 0.05) is 25.7 Å². The minimum Gasteiger partial charge on any atom is -0.348 e. The summed E-state index contributed by atoms with van der Waals surface area (Å²) in [5, 5.41) is 5.52. The molecule has 3 amide bonds. The second-order valence-electron chi connectivity index (χ2n) is 7.41. The van der Waals surface area contributed by atoms with Crippen LogP contribution in [0.1, 0.15) is 38.6 Å². The number of hydrogen-bond acceptors (Lipinski definition) is 2. The number of amides is 3. The Labute approximate surface area is 181 Å². The van der Waals surface area contributed by atoms with E-state index in [-0.39, 0.29) is 15.0 Å². The fraction of sp³-hybridized carbons (Fsp3) is 0.167. The largest absolute Gasteiger partial charge is 0.348 e. The van der Waals surface area contributed by atoms with Crippen LogP contribution in [-0.4, -0.2) is 23.4 Å². The number of rotatable bonds is 5. The first-order chi connectivity index (χ1) is 14.9. The topological polar surface area (TPSA) is 61.4 Å². The molecule has 0 saturated carbocycles. The number of carbonyl (C=O) groups is 2. The van der Waals surface area contributed by atoms with Crippen molar-refractivity contribution >= 4 is 17.6 Å². The van der Waals surface area contributed by atoms with Crippen LogP contribution in [0.2, 0.25) is 0 Å². The Bertz CT molecular complexity index is 1130. The van der Waals surface area contributed by atoms with Gasteiger partial charge in [0.2, 0.25) is 5.91 Å². The third-order valence-electron chi connectivity index (χ3n) is 5.31. The van der Waals surface area contributed by atoms with Crippen LogP contribution < -0.4 is 10.6 Å². The summed E-state index contributed by atoms with van der Waals surface area (Å²) in [6, 6.07) is 18.6. The number of carbonyl (C=O) groups excluding carboxylic acids is 2. The molecule has 1 aliphatic rings. The fourth-order valence-electron chi connectivity index (χ4n) is 3.85. The van der Waals surface area contributed by atoms with Crippen molar-refractivity contribution in [1.29, 1.82) is 0 Å². The predicted molar refractivity (Wildman–Crippen MR) is 118 cm³/mol. The Balaban J connectivity index is 0.00000193. The molecule has 4 rings (SSSR count). The molecule has 5 nitrogen and oxygen atoms in total. The molecule has 31 heavy (non-hydrogen) atoms. The molecule has 1 unspecified atom stereocenters. The van der Waals surface area contributed by atoms with Crippen LogP contribution in [0.25, 0.3) is 0 Å². The van der Waals surface area contributed by atoms with Crippen LogP contribution in [0, 0.1) is 11.6 Å². The molecule has 0 aliphatic carbocycles. The molecular formula is C24H25F2N3O2. The molecule has 7 heteroatoms. The monoisotopic (exact) mass is 425 g/mol. The maximum Gasteiger partial charge on any atom is 0.323 e. The normalized spacial score (nSPS) is 16.3. The molecule has 3 aromatic carbocycles. The summed E-state index contributed by atoms with van der Waals surface area (Å²) in [6.07, 6.45) is 0. The van der Waals surface area contributed by atoms with E-state index in [1.807, 2.05) is 54.6 Å². The summed E-state index contributed by atoms with van der Waals surface area (Å²) in [6.45, 7) is 1.38. The van der Waals surface area contributed by atoms with Gasteiger partial charge in [-0.3, -0.25) is 4.79 Å². The molecular weight excluding hydrogens is 400 g/mol. The number of para-hydroxylation sites is 1. The van der Waals surface area contributed by atoms with Gasteiger partial charge in [-0.1, -0.05) is 54.6 Å². The van der Waals surface area contributed by atoms with Crippen LogP contribution in [0.4, 0.5) is 19.3 Å². The molecule has 2 atom stereocenters. The summed E-state index contributed by atoms with van der Waals surface area (Å²) in [5.41, 5.74) is 2.61. The fourth-order valence-corrected chi connectivity index (χ4v) is 3.85. The molecule has 0 aromatic heterocycles. The second kappa shape index (κ2) is 8.55. The maximum absolute atomic E-state index is 14.1. The number of benzene rings is 3. The van der Waals surface area contributed by atoms with E-state index >= 15 is 0 Å². The van der Waals surface area contributed by atoms with Gasteiger partial charge in [-0.2, -0.15) is 0 Å². The Kier molecular flexibility index (Phi) is 5.66. The van der Waals surface area contributed by atoms with Gasteiger partial charge in [-0.05, 0) is 24.6 Å². The summed E-state index contributed by atoms with van der Waals surface area (Å²) in [4.78, 5) is 27.1. The van der Waals surface area contributed by atoms with Crippen LogP contribution in [-0.2, 0) is 4.79 Å². The Hall–Kier alpha value is -3.74. The van der Waals surface area contributed by atoms with Crippen molar-refractivity contribution in [3.05, 3.63) is 101 Å². The van der Waals surface area contributed by atoms with E-state index in [4.69, 9.17) is 0 Å². The highest BCUT2D eigenvalue weighted by Crippen LogP contribution is 2.37. The van der Waals surface area contributed by atoms with Crippen molar-refractivity contribution in [2.45, 2.75) is 19.0 Å². The maximum atomic E-state index is 14.1. The zero-order valence-corrected chi connectivity index (χ0v) is 16.8. The highest BCUT2D eigenvalue weighted by Gasteiger charge is 2.34. The van der Waals surface area contributed by atoms with Crippen molar-refractivity contribution in [2.24, 2.45) is 0 Å². The Morgan fingerprint density at radius 2 is 1.81 bits per heavy atom. The minimum atomic E-state index is -0.736. The zero-order valence-electron chi connectivity index (χ0n) is 16.8. The number of anilines is 1. The van der Waals surface area contributed by atoms with E-state index in [0.717, 1.165) is 23.3 Å². The highest BCUT2D eigenvalue weighted by atomic mass is 19.1. The average Bonchev–Trinajstić information content (AvgIpc) is 2.74. The molecule has 1 heterocycles. The van der Waals surface area contributed by atoms with Crippen LogP contribution in [0.3, 0.4) is 0 Å². The van der Waals surface area contributed by atoms with Gasteiger partial charge in [0.1, 0.15) is 18.2 Å². The second-order valence-corrected chi connectivity index (χ2v) is 7.41. The van der Waals surface area contributed by atoms with Gasteiger partial charge >= 0.3 is 6.03 Å². The number of nitrogens with zero attached hydrogens (tertiary/aromatic N) is 1. The molecule has 2 N–H and O–H groups in total. The first kappa shape index (κ1) is 20.5. The standard InChI is InChI=1S/C24H21F2N3O2.2H2/c1-15(18-12-11-17(25)13-20(18)26)27-22(30)14-29-23(16-7-3-2-4-8-16)19-9-5-6-10-21(19)28-24(29)31;;/h2-13,15,23H,14H2,1H3,(H,27,30)(H,28,31);2*1H/t15-,23?;;/m0../s1.